The molecule has 1 heterocycles. The van der Waals surface area contributed by atoms with Crippen molar-refractivity contribution in [3.63, 3.8) is 0 Å². The van der Waals surface area contributed by atoms with Crippen LogP contribution in [0.25, 0.3) is 0 Å². The maximum Gasteiger partial charge on any atom is 0.270 e. The van der Waals surface area contributed by atoms with Crippen LogP contribution in [0.5, 0.6) is 0 Å². The molecule has 2 rings (SSSR count). The molecule has 8 nitrogen and oxygen atoms in total. The SMILES string of the molecule is CNc1ccc([N+](=O)[O-])cc1S(=O)(=O)N1CCC(CO)C1. The summed E-state index contributed by atoms with van der Waals surface area (Å²) in [5, 5.41) is 22.7. The van der Waals surface area contributed by atoms with Crippen molar-refractivity contribution in [2.75, 3.05) is 32.1 Å². The quantitative estimate of drug-likeness (QED) is 0.609. The van der Waals surface area contributed by atoms with Crippen LogP contribution in [0.4, 0.5) is 11.4 Å². The summed E-state index contributed by atoms with van der Waals surface area (Å²) in [5.41, 5.74) is 0.0403. The Balaban J connectivity index is 2.43. The normalized spacial score (nSPS) is 19.6. The molecule has 2 N–H and O–H groups in total. The minimum atomic E-state index is -3.83. The smallest absolute Gasteiger partial charge is 0.270 e. The lowest BCUT2D eigenvalue weighted by molar-refractivity contribution is -0.385. The van der Waals surface area contributed by atoms with Crippen LogP contribution in [0, 0.1) is 16.0 Å². The number of nitrogens with one attached hydrogen (secondary N) is 1. The summed E-state index contributed by atoms with van der Waals surface area (Å²) in [7, 11) is -2.27. The van der Waals surface area contributed by atoms with E-state index < -0.39 is 14.9 Å². The second-order valence-corrected chi connectivity index (χ2v) is 6.79. The Morgan fingerprint density at radius 2 is 2.24 bits per heavy atom. The molecule has 1 aromatic carbocycles. The molecule has 1 fully saturated rings. The van der Waals surface area contributed by atoms with E-state index in [1.807, 2.05) is 0 Å². The summed E-state index contributed by atoms with van der Waals surface area (Å²) in [6, 6.07) is 3.70. The first-order valence-electron chi connectivity index (χ1n) is 6.47. The van der Waals surface area contributed by atoms with Gasteiger partial charge in [-0.3, -0.25) is 10.1 Å². The number of rotatable bonds is 5. The zero-order valence-electron chi connectivity index (χ0n) is 11.5. The highest BCUT2D eigenvalue weighted by Crippen LogP contribution is 2.31. The molecule has 0 amide bonds. The third-order valence-corrected chi connectivity index (χ3v) is 5.48. The van der Waals surface area contributed by atoms with Gasteiger partial charge in [-0.05, 0) is 18.4 Å². The van der Waals surface area contributed by atoms with E-state index in [4.69, 9.17) is 5.11 Å². The Bertz CT molecular complexity index is 646. The molecule has 1 aliphatic rings. The summed E-state index contributed by atoms with van der Waals surface area (Å²) in [6.07, 6.45) is 0.583. The minimum Gasteiger partial charge on any atom is -0.396 e. The lowest BCUT2D eigenvalue weighted by atomic mass is 10.1. The number of aliphatic hydroxyl groups is 1. The number of nitrogens with zero attached hydrogens (tertiary/aromatic N) is 2. The average Bonchev–Trinajstić information content (AvgIpc) is 2.96. The van der Waals surface area contributed by atoms with Crippen LogP contribution in [-0.2, 0) is 10.0 Å². The third kappa shape index (κ3) is 2.99. The van der Waals surface area contributed by atoms with Crippen LogP contribution in [0.2, 0.25) is 0 Å². The summed E-state index contributed by atoms with van der Waals surface area (Å²) in [6.45, 7) is 0.462. The van der Waals surface area contributed by atoms with Gasteiger partial charge in [-0.1, -0.05) is 0 Å². The van der Waals surface area contributed by atoms with Crippen LogP contribution in [0.15, 0.2) is 23.1 Å². The number of sulfonamides is 1. The number of hydrogen-bond donors (Lipinski definition) is 2. The Morgan fingerprint density at radius 1 is 1.52 bits per heavy atom. The summed E-state index contributed by atoms with van der Waals surface area (Å²) < 4.78 is 26.5. The molecule has 1 saturated heterocycles. The lowest BCUT2D eigenvalue weighted by Gasteiger charge is -2.18. The van der Waals surface area contributed by atoms with E-state index in [-0.39, 0.29) is 29.7 Å². The molecular weight excluding hydrogens is 298 g/mol. The number of nitro benzene ring substituents is 1. The molecule has 0 bridgehead atoms. The van der Waals surface area contributed by atoms with Crippen LogP contribution in [0.1, 0.15) is 6.42 Å². The van der Waals surface area contributed by atoms with E-state index in [0.717, 1.165) is 6.07 Å². The van der Waals surface area contributed by atoms with E-state index in [1.165, 1.54) is 16.4 Å². The van der Waals surface area contributed by atoms with Gasteiger partial charge in [0.15, 0.2) is 0 Å². The number of anilines is 1. The van der Waals surface area contributed by atoms with Gasteiger partial charge in [-0.2, -0.15) is 4.31 Å². The molecular formula is C12H17N3O5S. The molecule has 0 spiro atoms. The molecule has 116 valence electrons. The number of benzene rings is 1. The maximum atomic E-state index is 12.6. The first-order chi connectivity index (χ1) is 9.90. The van der Waals surface area contributed by atoms with E-state index in [9.17, 15) is 18.5 Å². The molecule has 0 aromatic heterocycles. The van der Waals surface area contributed by atoms with E-state index in [1.54, 1.807) is 7.05 Å². The van der Waals surface area contributed by atoms with E-state index >= 15 is 0 Å². The Labute approximate surface area is 122 Å². The van der Waals surface area contributed by atoms with Gasteiger partial charge in [0, 0.05) is 38.9 Å². The fourth-order valence-corrected chi connectivity index (χ4v) is 4.10. The maximum absolute atomic E-state index is 12.6. The van der Waals surface area contributed by atoms with Crippen molar-refractivity contribution in [1.29, 1.82) is 0 Å². The molecule has 1 atom stereocenters. The molecule has 0 saturated carbocycles. The molecule has 0 radical (unpaired) electrons. The zero-order chi connectivity index (χ0) is 15.6. The van der Waals surface area contributed by atoms with E-state index in [2.05, 4.69) is 5.32 Å². The topological polar surface area (TPSA) is 113 Å². The number of aliphatic hydroxyl groups excluding tert-OH is 1. The average molecular weight is 315 g/mol. The molecule has 1 unspecified atom stereocenters. The van der Waals surface area contributed by atoms with Gasteiger partial charge in [0.1, 0.15) is 4.90 Å². The predicted octanol–water partition coefficient (Wildman–Crippen LogP) is 0.639. The largest absolute Gasteiger partial charge is 0.396 e. The first kappa shape index (κ1) is 15.7. The van der Waals surface area contributed by atoms with Gasteiger partial charge in [0.2, 0.25) is 10.0 Å². The van der Waals surface area contributed by atoms with Crippen LogP contribution >= 0.6 is 0 Å². The predicted molar refractivity (Wildman–Crippen MR) is 76.6 cm³/mol. The highest BCUT2D eigenvalue weighted by Gasteiger charge is 2.34. The highest BCUT2D eigenvalue weighted by atomic mass is 32.2. The van der Waals surface area contributed by atoms with Crippen molar-refractivity contribution < 1.29 is 18.4 Å². The fraction of sp³-hybridized carbons (Fsp3) is 0.500. The van der Waals surface area contributed by atoms with Gasteiger partial charge in [0.25, 0.3) is 5.69 Å². The van der Waals surface area contributed by atoms with Crippen molar-refractivity contribution in [3.05, 3.63) is 28.3 Å². The Hall–Kier alpha value is -1.71. The summed E-state index contributed by atoms with van der Waals surface area (Å²) in [5.74, 6) is -0.0866. The number of nitro groups is 1. The standard InChI is InChI=1S/C12H17N3O5S/c1-13-11-3-2-10(15(17)18)6-12(11)21(19,20)14-5-4-9(7-14)8-16/h2-3,6,9,13,16H,4-5,7-8H2,1H3. The third-order valence-electron chi connectivity index (χ3n) is 3.57. The second kappa shape index (κ2) is 5.96. The van der Waals surface area contributed by atoms with Gasteiger partial charge in [-0.15, -0.1) is 0 Å². The Kier molecular flexibility index (Phi) is 4.45. The van der Waals surface area contributed by atoms with Crippen LogP contribution in [0.3, 0.4) is 0 Å². The van der Waals surface area contributed by atoms with Crippen molar-refractivity contribution >= 4 is 21.4 Å². The molecule has 1 aliphatic heterocycles. The summed E-state index contributed by atoms with van der Waals surface area (Å²) in [4.78, 5) is 10.1. The first-order valence-corrected chi connectivity index (χ1v) is 7.91. The van der Waals surface area contributed by atoms with Gasteiger partial charge in [0.05, 0.1) is 10.6 Å². The Morgan fingerprint density at radius 3 is 2.76 bits per heavy atom. The van der Waals surface area contributed by atoms with Gasteiger partial charge >= 0.3 is 0 Å². The monoisotopic (exact) mass is 315 g/mol. The highest BCUT2D eigenvalue weighted by molar-refractivity contribution is 7.89. The van der Waals surface area contributed by atoms with E-state index in [0.29, 0.717) is 18.7 Å². The fourth-order valence-electron chi connectivity index (χ4n) is 2.35. The molecule has 0 aliphatic carbocycles. The number of non-ortho nitro benzene ring substituents is 1. The number of hydrogen-bond acceptors (Lipinski definition) is 6. The van der Waals surface area contributed by atoms with Crippen molar-refractivity contribution in [2.45, 2.75) is 11.3 Å². The molecule has 1 aromatic rings. The van der Waals surface area contributed by atoms with Crippen LogP contribution < -0.4 is 5.32 Å². The molecule has 21 heavy (non-hydrogen) atoms. The summed E-state index contributed by atoms with van der Waals surface area (Å²) >= 11 is 0. The van der Waals surface area contributed by atoms with Crippen LogP contribution in [-0.4, -0.2) is 49.5 Å². The molecule has 9 heteroatoms. The van der Waals surface area contributed by atoms with Crippen molar-refractivity contribution in [3.8, 4) is 0 Å². The van der Waals surface area contributed by atoms with Gasteiger partial charge < -0.3 is 10.4 Å². The van der Waals surface area contributed by atoms with Gasteiger partial charge in [-0.25, -0.2) is 8.42 Å². The minimum absolute atomic E-state index is 0.0696. The lowest BCUT2D eigenvalue weighted by Crippen LogP contribution is -2.30. The van der Waals surface area contributed by atoms with Crippen molar-refractivity contribution in [2.24, 2.45) is 5.92 Å². The van der Waals surface area contributed by atoms with Crippen molar-refractivity contribution in [1.82, 2.24) is 4.31 Å². The second-order valence-electron chi connectivity index (χ2n) is 4.89. The zero-order valence-corrected chi connectivity index (χ0v) is 12.3.